The van der Waals surface area contributed by atoms with Crippen LogP contribution in [0.2, 0.25) is 0 Å². The van der Waals surface area contributed by atoms with Crippen molar-refractivity contribution >= 4 is 42.1 Å². The van der Waals surface area contributed by atoms with E-state index in [1.54, 1.807) is 10.6 Å². The van der Waals surface area contributed by atoms with Crippen LogP contribution in [0.1, 0.15) is 20.8 Å². The molecule has 0 saturated carbocycles. The van der Waals surface area contributed by atoms with E-state index in [-0.39, 0.29) is 0 Å². The van der Waals surface area contributed by atoms with E-state index in [9.17, 15) is 0 Å². The Balaban J connectivity index is 1.72. The van der Waals surface area contributed by atoms with Gasteiger partial charge in [-0.2, -0.15) is 0 Å². The zero-order valence-electron chi connectivity index (χ0n) is 14.9. The van der Waals surface area contributed by atoms with Crippen LogP contribution in [-0.4, -0.2) is 22.2 Å². The Hall–Kier alpha value is -0.430. The lowest BCUT2D eigenvalue weighted by Gasteiger charge is -2.36. The summed E-state index contributed by atoms with van der Waals surface area (Å²) in [6.07, 6.45) is 1.32. The molecule has 0 unspecified atom stereocenters. The van der Waals surface area contributed by atoms with Crippen LogP contribution in [0.3, 0.4) is 0 Å². The molecule has 0 amide bonds. The smallest absolute Gasteiger partial charge is 0.0967 e. The first kappa shape index (κ1) is 18.4. The van der Waals surface area contributed by atoms with Gasteiger partial charge in [-0.3, -0.25) is 0 Å². The van der Waals surface area contributed by atoms with Gasteiger partial charge in [0.25, 0.3) is 0 Å². The predicted molar refractivity (Wildman–Crippen MR) is 117 cm³/mol. The van der Waals surface area contributed by atoms with Gasteiger partial charge in [0.1, 0.15) is 0 Å². The maximum absolute atomic E-state index is 2.39. The van der Waals surface area contributed by atoms with Crippen molar-refractivity contribution in [2.45, 2.75) is 25.4 Å². The maximum atomic E-state index is 2.39. The molecular formula is C21H28PS2+. The standard InChI is InChI=1S/C21H27PS2/c1-21(2,3)17-15-23-20(24-16-17)14-22(18-10-6-4-7-11-18)19-12-8-5-9-13-19/h4-13,17,20H,14-16H2,1-3H3/p+1. The van der Waals surface area contributed by atoms with Gasteiger partial charge in [0.2, 0.25) is 0 Å². The summed E-state index contributed by atoms with van der Waals surface area (Å²) in [7, 11) is -0.693. The lowest BCUT2D eigenvalue weighted by Crippen LogP contribution is -2.31. The summed E-state index contributed by atoms with van der Waals surface area (Å²) in [5, 5.41) is 3.10. The summed E-state index contributed by atoms with van der Waals surface area (Å²) in [4.78, 5) is 0. The van der Waals surface area contributed by atoms with Crippen LogP contribution in [-0.2, 0) is 0 Å². The molecule has 0 atom stereocenters. The quantitative estimate of drug-likeness (QED) is 0.663. The largest absolute Gasteiger partial charge is 0.143 e. The molecule has 0 N–H and O–H groups in total. The molecule has 1 saturated heterocycles. The van der Waals surface area contributed by atoms with Crippen molar-refractivity contribution in [3.63, 3.8) is 0 Å². The Morgan fingerprint density at radius 3 is 1.71 bits per heavy atom. The zero-order chi connectivity index (χ0) is 17.0. The lowest BCUT2D eigenvalue weighted by molar-refractivity contribution is 0.293. The van der Waals surface area contributed by atoms with Crippen molar-refractivity contribution < 1.29 is 0 Å². The van der Waals surface area contributed by atoms with Crippen LogP contribution < -0.4 is 10.6 Å². The highest BCUT2D eigenvalue weighted by Crippen LogP contribution is 2.46. The number of hydrogen-bond acceptors (Lipinski definition) is 2. The van der Waals surface area contributed by atoms with Gasteiger partial charge in [-0.1, -0.05) is 57.2 Å². The second kappa shape index (κ2) is 8.30. The van der Waals surface area contributed by atoms with E-state index in [1.165, 1.54) is 17.7 Å². The molecule has 3 rings (SSSR count). The number of hydrogen-bond donors (Lipinski definition) is 0. The fourth-order valence-corrected chi connectivity index (χ4v) is 10.4. The van der Waals surface area contributed by atoms with Crippen LogP contribution >= 0.6 is 31.4 Å². The average Bonchev–Trinajstić information content (AvgIpc) is 2.61. The highest BCUT2D eigenvalue weighted by atomic mass is 32.2. The minimum atomic E-state index is -0.693. The number of benzene rings is 2. The Kier molecular flexibility index (Phi) is 6.35. The topological polar surface area (TPSA) is 0 Å². The summed E-state index contributed by atoms with van der Waals surface area (Å²) >= 11 is 4.41. The zero-order valence-corrected chi connectivity index (χ0v) is 17.5. The van der Waals surface area contributed by atoms with Gasteiger partial charge in [-0.25, -0.2) is 0 Å². The van der Waals surface area contributed by atoms with Gasteiger partial charge in [-0.15, -0.1) is 23.5 Å². The Bertz CT molecular complexity index is 574. The summed E-state index contributed by atoms with van der Waals surface area (Å²) in [6, 6.07) is 22.4. The summed E-state index contributed by atoms with van der Waals surface area (Å²) in [6.45, 7) is 7.17. The van der Waals surface area contributed by atoms with Gasteiger partial charge < -0.3 is 0 Å². The fourth-order valence-electron chi connectivity index (χ4n) is 3.01. The second-order valence-electron chi connectivity index (χ2n) is 7.57. The van der Waals surface area contributed by atoms with Gasteiger partial charge in [0.05, 0.1) is 29.3 Å². The van der Waals surface area contributed by atoms with Gasteiger partial charge in [0.15, 0.2) is 0 Å². The molecule has 24 heavy (non-hydrogen) atoms. The first-order chi connectivity index (χ1) is 11.5. The highest BCUT2D eigenvalue weighted by molar-refractivity contribution is 8.18. The molecule has 1 heterocycles. The second-order valence-corrected chi connectivity index (χ2v) is 12.9. The first-order valence-electron chi connectivity index (χ1n) is 8.74. The number of rotatable bonds is 4. The minimum Gasteiger partial charge on any atom is -0.143 e. The Morgan fingerprint density at radius 2 is 1.29 bits per heavy atom. The molecule has 3 heteroatoms. The third-order valence-corrected chi connectivity index (χ3v) is 11.4. The molecule has 128 valence electrons. The lowest BCUT2D eigenvalue weighted by atomic mass is 9.83. The van der Waals surface area contributed by atoms with Gasteiger partial charge >= 0.3 is 0 Å². The van der Waals surface area contributed by atoms with Crippen LogP contribution in [0.4, 0.5) is 0 Å². The third-order valence-electron chi connectivity index (χ3n) is 4.81. The average molecular weight is 376 g/mol. The van der Waals surface area contributed by atoms with Gasteiger partial charge in [-0.05, 0) is 47.1 Å². The molecule has 0 spiro atoms. The van der Waals surface area contributed by atoms with Crippen molar-refractivity contribution in [2.75, 3.05) is 17.7 Å². The van der Waals surface area contributed by atoms with Crippen molar-refractivity contribution in [2.24, 2.45) is 11.3 Å². The van der Waals surface area contributed by atoms with Crippen LogP contribution in [0, 0.1) is 11.3 Å². The van der Waals surface area contributed by atoms with E-state index >= 15 is 0 Å². The molecule has 0 aromatic heterocycles. The number of thioether (sulfide) groups is 2. The van der Waals surface area contributed by atoms with Crippen molar-refractivity contribution in [3.05, 3.63) is 60.7 Å². The van der Waals surface area contributed by atoms with Crippen molar-refractivity contribution in [1.82, 2.24) is 0 Å². The van der Waals surface area contributed by atoms with E-state index in [2.05, 4.69) is 105 Å². The maximum Gasteiger partial charge on any atom is 0.0967 e. The molecule has 0 aliphatic carbocycles. The fraction of sp³-hybridized carbons (Fsp3) is 0.429. The van der Waals surface area contributed by atoms with E-state index in [4.69, 9.17) is 0 Å². The molecule has 1 aliphatic heterocycles. The molecule has 2 aromatic rings. The molecule has 1 fully saturated rings. The van der Waals surface area contributed by atoms with Crippen molar-refractivity contribution in [1.29, 1.82) is 0 Å². The van der Waals surface area contributed by atoms with E-state index < -0.39 is 7.92 Å². The van der Waals surface area contributed by atoms with Crippen molar-refractivity contribution in [3.8, 4) is 0 Å². The highest BCUT2D eigenvalue weighted by Gasteiger charge is 2.34. The molecular weight excluding hydrogens is 347 g/mol. The van der Waals surface area contributed by atoms with Crippen LogP contribution in [0.25, 0.3) is 0 Å². The first-order valence-corrected chi connectivity index (χ1v) is 12.5. The third kappa shape index (κ3) is 4.81. The predicted octanol–water partition coefficient (Wildman–Crippen LogP) is 5.32. The minimum absolute atomic E-state index is 0.442. The Labute approximate surface area is 157 Å². The van der Waals surface area contributed by atoms with Crippen LogP contribution in [0.15, 0.2) is 60.7 Å². The molecule has 0 bridgehead atoms. The van der Waals surface area contributed by atoms with E-state index in [0.717, 1.165) is 10.5 Å². The SMILES string of the molecule is CC(C)(C)C1CSC(C[PH+](c2ccccc2)c2ccccc2)SC1. The summed E-state index contributed by atoms with van der Waals surface area (Å²) in [5.41, 5.74) is 0.442. The normalized spacial score (nSPS) is 21.8. The van der Waals surface area contributed by atoms with E-state index in [1.807, 2.05) is 0 Å². The summed E-state index contributed by atoms with van der Waals surface area (Å²) in [5.74, 6) is 3.48. The summed E-state index contributed by atoms with van der Waals surface area (Å²) < 4.78 is 0.748. The Morgan fingerprint density at radius 1 is 0.833 bits per heavy atom. The monoisotopic (exact) mass is 375 g/mol. The molecule has 0 nitrogen and oxygen atoms in total. The van der Waals surface area contributed by atoms with Gasteiger partial charge in [0, 0.05) is 0 Å². The molecule has 0 radical (unpaired) electrons. The molecule has 1 aliphatic rings. The van der Waals surface area contributed by atoms with Crippen LogP contribution in [0.5, 0.6) is 0 Å². The van der Waals surface area contributed by atoms with E-state index in [0.29, 0.717) is 5.41 Å². The molecule has 2 aromatic carbocycles.